The standard InChI is InChI=1S/C14H16N2O2/c1-3-10-4-6-11(7-5-10)12-9-15-16(2)13(12)8-14(17)18/h4-7,9H,3,8H2,1-2H3,(H,17,18). The van der Waals surface area contributed by atoms with E-state index in [-0.39, 0.29) is 6.42 Å². The Morgan fingerprint density at radius 3 is 2.56 bits per heavy atom. The molecule has 0 fully saturated rings. The summed E-state index contributed by atoms with van der Waals surface area (Å²) in [4.78, 5) is 10.9. The highest BCUT2D eigenvalue weighted by Crippen LogP contribution is 2.24. The zero-order valence-corrected chi connectivity index (χ0v) is 10.6. The predicted molar refractivity (Wildman–Crippen MR) is 69.4 cm³/mol. The van der Waals surface area contributed by atoms with Crippen molar-refractivity contribution in [2.24, 2.45) is 7.05 Å². The molecule has 1 heterocycles. The third-order valence-corrected chi connectivity index (χ3v) is 3.05. The lowest BCUT2D eigenvalue weighted by molar-refractivity contribution is -0.136. The molecule has 0 radical (unpaired) electrons. The first-order chi connectivity index (χ1) is 8.61. The lowest BCUT2D eigenvalue weighted by atomic mass is 10.0. The van der Waals surface area contributed by atoms with Crippen molar-refractivity contribution in [3.63, 3.8) is 0 Å². The number of aryl methyl sites for hydroxylation is 2. The Labute approximate surface area is 106 Å². The molecule has 2 rings (SSSR count). The highest BCUT2D eigenvalue weighted by atomic mass is 16.4. The monoisotopic (exact) mass is 244 g/mol. The third kappa shape index (κ3) is 2.42. The van der Waals surface area contributed by atoms with Crippen LogP contribution in [0.1, 0.15) is 18.2 Å². The second-order valence-electron chi connectivity index (χ2n) is 4.25. The molecule has 0 aliphatic carbocycles. The van der Waals surface area contributed by atoms with Crippen LogP contribution in [0.5, 0.6) is 0 Å². The normalized spacial score (nSPS) is 10.6. The van der Waals surface area contributed by atoms with Crippen LogP contribution in [0.3, 0.4) is 0 Å². The van der Waals surface area contributed by atoms with Crippen molar-refractivity contribution >= 4 is 5.97 Å². The fourth-order valence-electron chi connectivity index (χ4n) is 1.98. The predicted octanol–water partition coefficient (Wildman–Crippen LogP) is 2.28. The topological polar surface area (TPSA) is 55.1 Å². The summed E-state index contributed by atoms with van der Waals surface area (Å²) in [5.41, 5.74) is 3.90. The Morgan fingerprint density at radius 1 is 1.33 bits per heavy atom. The minimum Gasteiger partial charge on any atom is -0.481 e. The summed E-state index contributed by atoms with van der Waals surface area (Å²) in [7, 11) is 1.77. The van der Waals surface area contributed by atoms with Crippen molar-refractivity contribution in [1.82, 2.24) is 9.78 Å². The highest BCUT2D eigenvalue weighted by molar-refractivity contribution is 5.75. The molecule has 0 spiro atoms. The fourth-order valence-corrected chi connectivity index (χ4v) is 1.98. The van der Waals surface area contributed by atoms with Crippen molar-refractivity contribution in [3.8, 4) is 11.1 Å². The van der Waals surface area contributed by atoms with E-state index in [1.807, 2.05) is 12.1 Å². The molecular weight excluding hydrogens is 228 g/mol. The van der Waals surface area contributed by atoms with Crippen molar-refractivity contribution in [2.75, 3.05) is 0 Å². The number of aliphatic carboxylic acids is 1. The molecule has 1 N–H and O–H groups in total. The summed E-state index contributed by atoms with van der Waals surface area (Å²) in [5, 5.41) is 13.1. The first-order valence-corrected chi connectivity index (χ1v) is 5.93. The molecule has 1 aromatic heterocycles. The van der Waals surface area contributed by atoms with Crippen LogP contribution in [0.2, 0.25) is 0 Å². The van der Waals surface area contributed by atoms with Gasteiger partial charge in [0, 0.05) is 12.6 Å². The van der Waals surface area contributed by atoms with E-state index in [1.165, 1.54) is 5.56 Å². The number of nitrogens with zero attached hydrogens (tertiary/aromatic N) is 2. The van der Waals surface area contributed by atoms with E-state index in [2.05, 4.69) is 24.2 Å². The lowest BCUT2D eigenvalue weighted by Gasteiger charge is -2.05. The Morgan fingerprint density at radius 2 is 2.00 bits per heavy atom. The summed E-state index contributed by atoms with van der Waals surface area (Å²) in [5.74, 6) is -0.843. The van der Waals surface area contributed by atoms with E-state index in [4.69, 9.17) is 5.11 Å². The number of carboxylic acids is 1. The fraction of sp³-hybridized carbons (Fsp3) is 0.286. The van der Waals surface area contributed by atoms with Gasteiger partial charge in [-0.3, -0.25) is 9.48 Å². The Hall–Kier alpha value is -2.10. The molecule has 18 heavy (non-hydrogen) atoms. The van der Waals surface area contributed by atoms with E-state index >= 15 is 0 Å². The van der Waals surface area contributed by atoms with Crippen LogP contribution in [0, 0.1) is 0 Å². The largest absolute Gasteiger partial charge is 0.481 e. The first-order valence-electron chi connectivity index (χ1n) is 5.93. The van der Waals surface area contributed by atoms with Gasteiger partial charge in [0.2, 0.25) is 0 Å². The highest BCUT2D eigenvalue weighted by Gasteiger charge is 2.13. The molecule has 0 atom stereocenters. The van der Waals surface area contributed by atoms with E-state index in [9.17, 15) is 4.79 Å². The van der Waals surface area contributed by atoms with Crippen molar-refractivity contribution in [3.05, 3.63) is 41.7 Å². The molecule has 0 bridgehead atoms. The number of rotatable bonds is 4. The van der Waals surface area contributed by atoms with E-state index in [0.717, 1.165) is 23.2 Å². The van der Waals surface area contributed by atoms with Gasteiger partial charge in [0.25, 0.3) is 0 Å². The van der Waals surface area contributed by atoms with Crippen LogP contribution in [-0.2, 0) is 24.7 Å². The maximum atomic E-state index is 10.9. The van der Waals surface area contributed by atoms with Crippen molar-refractivity contribution in [2.45, 2.75) is 19.8 Å². The Bertz CT molecular complexity index is 556. The van der Waals surface area contributed by atoms with Crippen LogP contribution in [0.4, 0.5) is 0 Å². The van der Waals surface area contributed by atoms with Crippen LogP contribution >= 0.6 is 0 Å². The first kappa shape index (κ1) is 12.4. The molecule has 0 aliphatic heterocycles. The van der Waals surface area contributed by atoms with Crippen LogP contribution in [0.15, 0.2) is 30.5 Å². The second kappa shape index (κ2) is 5.04. The van der Waals surface area contributed by atoms with Gasteiger partial charge in [-0.25, -0.2) is 0 Å². The molecule has 4 nitrogen and oxygen atoms in total. The summed E-state index contributed by atoms with van der Waals surface area (Å²) >= 11 is 0. The van der Waals surface area contributed by atoms with Crippen LogP contribution in [0.25, 0.3) is 11.1 Å². The van der Waals surface area contributed by atoms with Gasteiger partial charge in [0.1, 0.15) is 0 Å². The maximum absolute atomic E-state index is 10.9. The molecule has 0 aliphatic rings. The summed E-state index contributed by atoms with van der Waals surface area (Å²) in [6.07, 6.45) is 2.70. The quantitative estimate of drug-likeness (QED) is 0.897. The van der Waals surface area contributed by atoms with Gasteiger partial charge in [-0.2, -0.15) is 5.10 Å². The van der Waals surface area contributed by atoms with Gasteiger partial charge in [-0.1, -0.05) is 31.2 Å². The molecule has 1 aromatic carbocycles. The molecule has 94 valence electrons. The van der Waals surface area contributed by atoms with Gasteiger partial charge in [0.15, 0.2) is 0 Å². The van der Waals surface area contributed by atoms with Crippen molar-refractivity contribution < 1.29 is 9.90 Å². The molecule has 4 heteroatoms. The van der Waals surface area contributed by atoms with E-state index < -0.39 is 5.97 Å². The molecular formula is C14H16N2O2. The lowest BCUT2D eigenvalue weighted by Crippen LogP contribution is -2.07. The number of hydrogen-bond donors (Lipinski definition) is 1. The third-order valence-electron chi connectivity index (χ3n) is 3.05. The smallest absolute Gasteiger partial charge is 0.309 e. The minimum atomic E-state index is -0.843. The van der Waals surface area contributed by atoms with Crippen molar-refractivity contribution in [1.29, 1.82) is 0 Å². The average Bonchev–Trinajstić information content (AvgIpc) is 2.71. The average molecular weight is 244 g/mol. The molecule has 0 saturated carbocycles. The van der Waals surface area contributed by atoms with Gasteiger partial charge in [0.05, 0.1) is 18.3 Å². The maximum Gasteiger partial charge on any atom is 0.309 e. The van der Waals surface area contributed by atoms with E-state index in [0.29, 0.717) is 0 Å². The molecule has 2 aromatic rings. The number of aromatic nitrogens is 2. The second-order valence-corrected chi connectivity index (χ2v) is 4.25. The van der Waals surface area contributed by atoms with Gasteiger partial charge >= 0.3 is 5.97 Å². The number of carbonyl (C=O) groups is 1. The van der Waals surface area contributed by atoms with E-state index in [1.54, 1.807) is 17.9 Å². The minimum absolute atomic E-state index is 0.0125. The van der Waals surface area contributed by atoms with Gasteiger partial charge in [-0.05, 0) is 17.5 Å². The summed E-state index contributed by atoms with van der Waals surface area (Å²) < 4.78 is 1.62. The van der Waals surface area contributed by atoms with Gasteiger partial charge in [-0.15, -0.1) is 0 Å². The van der Waals surface area contributed by atoms with Crippen LogP contribution < -0.4 is 0 Å². The number of benzene rings is 1. The SMILES string of the molecule is CCc1ccc(-c2cnn(C)c2CC(=O)O)cc1. The van der Waals surface area contributed by atoms with Crippen LogP contribution in [-0.4, -0.2) is 20.9 Å². The number of hydrogen-bond acceptors (Lipinski definition) is 2. The number of carboxylic acid groups (broad SMARTS) is 1. The Balaban J connectivity index is 2.40. The summed E-state index contributed by atoms with van der Waals surface area (Å²) in [6.45, 7) is 2.11. The van der Waals surface area contributed by atoms with Gasteiger partial charge < -0.3 is 5.11 Å². The zero-order valence-electron chi connectivity index (χ0n) is 10.6. The molecule has 0 amide bonds. The Kier molecular flexibility index (Phi) is 3.46. The molecule has 0 unspecified atom stereocenters. The summed E-state index contributed by atoms with van der Waals surface area (Å²) in [6, 6.07) is 8.15. The molecule has 0 saturated heterocycles. The zero-order chi connectivity index (χ0) is 13.1.